The first-order valence-corrected chi connectivity index (χ1v) is 11.3. The average Bonchev–Trinajstić information content (AvgIpc) is 2.79. The maximum Gasteiger partial charge on any atom is 0.186 e. The van der Waals surface area contributed by atoms with Gasteiger partial charge in [-0.15, -0.1) is 0 Å². The van der Waals surface area contributed by atoms with Crippen molar-refractivity contribution in [3.63, 3.8) is 0 Å². The lowest BCUT2D eigenvalue weighted by molar-refractivity contribution is 0.146. The highest BCUT2D eigenvalue weighted by Gasteiger charge is 2.38. The summed E-state index contributed by atoms with van der Waals surface area (Å²) < 4.78 is 5.52. The molecule has 4 rings (SSSR count). The van der Waals surface area contributed by atoms with Crippen molar-refractivity contribution < 1.29 is 4.74 Å². The van der Waals surface area contributed by atoms with E-state index in [-0.39, 0.29) is 0 Å². The Balaban J connectivity index is 1.29. The minimum absolute atomic E-state index is 0.356. The SMILES string of the molecule is COc1ccc(CNCC2CCC(C3(N)N=CC=C(N(C)C)N3)CC2)c2ccccc12. The summed E-state index contributed by atoms with van der Waals surface area (Å²) in [5.41, 5.74) is 7.97. The van der Waals surface area contributed by atoms with Crippen LogP contribution in [0.1, 0.15) is 31.2 Å². The molecular formula is C25H35N5O. The second-order valence-corrected chi connectivity index (χ2v) is 9.00. The van der Waals surface area contributed by atoms with Crippen LogP contribution in [-0.4, -0.2) is 44.7 Å². The van der Waals surface area contributed by atoms with E-state index in [1.54, 1.807) is 7.11 Å². The number of fused-ring (bicyclic) bond motifs is 1. The summed E-state index contributed by atoms with van der Waals surface area (Å²) in [6.45, 7) is 1.90. The topological polar surface area (TPSA) is 74.9 Å². The molecule has 0 bridgehead atoms. The Morgan fingerprint density at radius 1 is 1.13 bits per heavy atom. The zero-order chi connectivity index (χ0) is 21.8. The Kier molecular flexibility index (Phi) is 6.49. The first-order valence-electron chi connectivity index (χ1n) is 11.3. The summed E-state index contributed by atoms with van der Waals surface area (Å²) in [7, 11) is 5.77. The van der Waals surface area contributed by atoms with Crippen molar-refractivity contribution in [2.75, 3.05) is 27.7 Å². The predicted octanol–water partition coefficient (Wildman–Crippen LogP) is 3.43. The van der Waals surface area contributed by atoms with Crippen LogP contribution in [0, 0.1) is 11.8 Å². The van der Waals surface area contributed by atoms with Crippen molar-refractivity contribution in [2.24, 2.45) is 22.6 Å². The van der Waals surface area contributed by atoms with Crippen molar-refractivity contribution in [1.82, 2.24) is 15.5 Å². The number of methoxy groups -OCH3 is 1. The summed E-state index contributed by atoms with van der Waals surface area (Å²) in [5, 5.41) is 9.57. The lowest BCUT2D eigenvalue weighted by Crippen LogP contribution is -2.60. The van der Waals surface area contributed by atoms with Gasteiger partial charge in [-0.05, 0) is 61.2 Å². The lowest BCUT2D eigenvalue weighted by Gasteiger charge is -2.42. The molecule has 1 atom stereocenters. The Bertz CT molecular complexity index is 962. The van der Waals surface area contributed by atoms with Crippen LogP contribution in [0.15, 0.2) is 53.3 Å². The maximum absolute atomic E-state index is 6.66. The van der Waals surface area contributed by atoms with Gasteiger partial charge in [0.2, 0.25) is 0 Å². The number of rotatable bonds is 7. The number of hydrogen-bond acceptors (Lipinski definition) is 6. The lowest BCUT2D eigenvalue weighted by atomic mass is 9.78. The van der Waals surface area contributed by atoms with E-state index in [9.17, 15) is 0 Å². The Morgan fingerprint density at radius 3 is 2.58 bits per heavy atom. The molecule has 1 aliphatic carbocycles. The highest BCUT2D eigenvalue weighted by Crippen LogP contribution is 2.35. The van der Waals surface area contributed by atoms with Crippen LogP contribution in [0.5, 0.6) is 5.75 Å². The van der Waals surface area contributed by atoms with Gasteiger partial charge >= 0.3 is 0 Å². The van der Waals surface area contributed by atoms with Gasteiger partial charge < -0.3 is 20.3 Å². The predicted molar refractivity (Wildman–Crippen MR) is 128 cm³/mol. The molecule has 1 aliphatic heterocycles. The average molecular weight is 422 g/mol. The normalized spacial score (nSPS) is 25.7. The third-order valence-corrected chi connectivity index (χ3v) is 6.74. The molecule has 1 fully saturated rings. The highest BCUT2D eigenvalue weighted by molar-refractivity contribution is 5.91. The monoisotopic (exact) mass is 421 g/mol. The molecule has 166 valence electrons. The van der Waals surface area contributed by atoms with E-state index in [0.29, 0.717) is 11.8 Å². The zero-order valence-corrected chi connectivity index (χ0v) is 18.9. The quantitative estimate of drug-likeness (QED) is 0.639. The molecule has 0 spiro atoms. The van der Waals surface area contributed by atoms with Gasteiger partial charge in [0.1, 0.15) is 11.6 Å². The summed E-state index contributed by atoms with van der Waals surface area (Å²) in [5.74, 6) is 2.30. The number of allylic oxidation sites excluding steroid dienone is 1. The Labute approximate surface area is 185 Å². The molecule has 0 radical (unpaired) electrons. The summed E-state index contributed by atoms with van der Waals surface area (Å²) in [4.78, 5) is 6.65. The van der Waals surface area contributed by atoms with Gasteiger partial charge in [0.05, 0.1) is 7.11 Å². The van der Waals surface area contributed by atoms with Gasteiger partial charge in [0.25, 0.3) is 0 Å². The van der Waals surface area contributed by atoms with Crippen molar-refractivity contribution >= 4 is 17.0 Å². The Hall–Kier alpha value is -2.57. The van der Waals surface area contributed by atoms with Crippen molar-refractivity contribution in [1.29, 1.82) is 0 Å². The number of hydrogen-bond donors (Lipinski definition) is 3. The molecule has 1 unspecified atom stereocenters. The van der Waals surface area contributed by atoms with Crippen LogP contribution < -0.4 is 21.1 Å². The molecule has 2 aromatic carbocycles. The van der Waals surface area contributed by atoms with E-state index in [1.807, 2.05) is 31.3 Å². The summed E-state index contributed by atoms with van der Waals surface area (Å²) in [6.07, 6.45) is 8.37. The molecule has 0 saturated heterocycles. The van der Waals surface area contributed by atoms with E-state index >= 15 is 0 Å². The van der Waals surface area contributed by atoms with Gasteiger partial charge in [-0.2, -0.15) is 0 Å². The summed E-state index contributed by atoms with van der Waals surface area (Å²) in [6, 6.07) is 12.7. The molecule has 2 aliphatic rings. The molecule has 31 heavy (non-hydrogen) atoms. The molecule has 1 heterocycles. The number of aliphatic imine (C=N–C) groups is 1. The fraction of sp³-hybridized carbons (Fsp3) is 0.480. The molecule has 6 heteroatoms. The van der Waals surface area contributed by atoms with Crippen LogP contribution in [-0.2, 0) is 6.54 Å². The largest absolute Gasteiger partial charge is 0.496 e. The van der Waals surface area contributed by atoms with E-state index in [2.05, 4.69) is 52.0 Å². The maximum atomic E-state index is 6.66. The molecule has 0 amide bonds. The fourth-order valence-corrected chi connectivity index (χ4v) is 4.86. The number of nitrogens with two attached hydrogens (primary N) is 1. The van der Waals surface area contributed by atoms with Gasteiger partial charge in [-0.25, -0.2) is 0 Å². The molecule has 0 aromatic heterocycles. The molecular weight excluding hydrogens is 386 g/mol. The molecule has 2 aromatic rings. The first kappa shape index (κ1) is 21.7. The van der Waals surface area contributed by atoms with Crippen LogP contribution in [0.3, 0.4) is 0 Å². The van der Waals surface area contributed by atoms with Crippen molar-refractivity contribution in [3.8, 4) is 5.75 Å². The van der Waals surface area contributed by atoms with Crippen LogP contribution in [0.25, 0.3) is 10.8 Å². The first-order chi connectivity index (χ1) is 15.0. The van der Waals surface area contributed by atoms with Crippen LogP contribution in [0.2, 0.25) is 0 Å². The van der Waals surface area contributed by atoms with Gasteiger partial charge in [-0.3, -0.25) is 10.7 Å². The minimum atomic E-state index is -0.686. The molecule has 1 saturated carbocycles. The fourth-order valence-electron chi connectivity index (χ4n) is 4.86. The Morgan fingerprint density at radius 2 is 1.87 bits per heavy atom. The molecule has 4 N–H and O–H groups in total. The van der Waals surface area contributed by atoms with E-state index < -0.39 is 5.79 Å². The zero-order valence-electron chi connectivity index (χ0n) is 18.9. The number of benzene rings is 2. The highest BCUT2D eigenvalue weighted by atomic mass is 16.5. The second-order valence-electron chi connectivity index (χ2n) is 9.00. The van der Waals surface area contributed by atoms with E-state index in [4.69, 9.17) is 10.5 Å². The van der Waals surface area contributed by atoms with Crippen molar-refractivity contribution in [2.45, 2.75) is 38.0 Å². The summed E-state index contributed by atoms with van der Waals surface area (Å²) >= 11 is 0. The van der Waals surface area contributed by atoms with Gasteiger partial charge in [-0.1, -0.05) is 30.3 Å². The van der Waals surface area contributed by atoms with Crippen LogP contribution in [0.4, 0.5) is 0 Å². The number of nitrogens with one attached hydrogen (secondary N) is 2. The van der Waals surface area contributed by atoms with Crippen LogP contribution >= 0.6 is 0 Å². The van der Waals surface area contributed by atoms with E-state index in [0.717, 1.165) is 37.5 Å². The number of ether oxygens (including phenoxy) is 1. The third kappa shape index (κ3) is 4.70. The number of nitrogens with zero attached hydrogens (tertiary/aromatic N) is 2. The van der Waals surface area contributed by atoms with Gasteiger partial charge in [0, 0.05) is 38.2 Å². The van der Waals surface area contributed by atoms with E-state index in [1.165, 1.54) is 29.2 Å². The minimum Gasteiger partial charge on any atom is -0.496 e. The van der Waals surface area contributed by atoms with Crippen molar-refractivity contribution in [3.05, 3.63) is 53.9 Å². The smallest absolute Gasteiger partial charge is 0.186 e. The second kappa shape index (κ2) is 9.28. The third-order valence-electron chi connectivity index (χ3n) is 6.74. The molecule has 6 nitrogen and oxygen atoms in total. The standard InChI is InChI=1S/C25H35N5O/c1-30(2)24-14-15-28-25(26,29-24)20-11-8-18(9-12-20)16-27-17-19-10-13-23(31-3)22-7-5-4-6-21(19)22/h4-7,10,13-15,18,20,27,29H,8-9,11-12,16-17,26H2,1-3H3. The van der Waals surface area contributed by atoms with Gasteiger partial charge in [0.15, 0.2) is 5.79 Å².